The summed E-state index contributed by atoms with van der Waals surface area (Å²) in [4.78, 5) is 20.4. The van der Waals surface area contributed by atoms with Gasteiger partial charge in [-0.15, -0.1) is 5.10 Å². The number of nitrogens with zero attached hydrogens (tertiary/aromatic N) is 6. The van der Waals surface area contributed by atoms with Gasteiger partial charge in [-0.3, -0.25) is 4.79 Å². The van der Waals surface area contributed by atoms with Gasteiger partial charge < -0.3 is 5.32 Å². The SMILES string of the molecule is Cc1cc(C)n(-c2ccccc2NC(=O)CCc2c(C)nc3nc(C(F)(F)F)nn3c2C)n1. The number of alkyl halides is 3. The molecule has 0 aliphatic heterocycles. The summed E-state index contributed by atoms with van der Waals surface area (Å²) in [6, 6.07) is 9.29. The smallest absolute Gasteiger partial charge is 0.324 e. The van der Waals surface area contributed by atoms with Gasteiger partial charge in [0.05, 0.1) is 17.1 Å². The maximum Gasteiger partial charge on any atom is 0.453 e. The predicted molar refractivity (Wildman–Crippen MR) is 115 cm³/mol. The van der Waals surface area contributed by atoms with E-state index in [1.165, 1.54) is 0 Å². The molecule has 0 unspecified atom stereocenters. The molecule has 172 valence electrons. The van der Waals surface area contributed by atoms with Crippen molar-refractivity contribution in [2.45, 2.75) is 46.7 Å². The number of aromatic nitrogens is 6. The average Bonchev–Trinajstić information content (AvgIpc) is 3.31. The number of nitrogens with one attached hydrogen (secondary N) is 1. The fourth-order valence-corrected chi connectivity index (χ4v) is 3.78. The Morgan fingerprint density at radius 2 is 1.79 bits per heavy atom. The molecule has 4 rings (SSSR count). The Morgan fingerprint density at radius 3 is 2.45 bits per heavy atom. The van der Waals surface area contributed by atoms with Gasteiger partial charge in [-0.1, -0.05) is 12.1 Å². The zero-order chi connectivity index (χ0) is 23.9. The summed E-state index contributed by atoms with van der Waals surface area (Å²) in [5.74, 6) is -1.60. The van der Waals surface area contributed by atoms with Gasteiger partial charge in [-0.2, -0.15) is 23.3 Å². The number of rotatable bonds is 5. The fourth-order valence-electron chi connectivity index (χ4n) is 3.78. The van der Waals surface area contributed by atoms with Gasteiger partial charge in [0.25, 0.3) is 11.6 Å². The maximum atomic E-state index is 13.0. The van der Waals surface area contributed by atoms with Crippen molar-refractivity contribution in [1.82, 2.24) is 29.4 Å². The monoisotopic (exact) mass is 457 g/mol. The molecule has 0 bridgehead atoms. The van der Waals surface area contributed by atoms with Crippen LogP contribution in [0.3, 0.4) is 0 Å². The van der Waals surface area contributed by atoms with Crippen LogP contribution in [-0.4, -0.2) is 35.3 Å². The van der Waals surface area contributed by atoms with E-state index in [1.807, 2.05) is 38.1 Å². The van der Waals surface area contributed by atoms with Gasteiger partial charge in [0, 0.05) is 23.5 Å². The highest BCUT2D eigenvalue weighted by Crippen LogP contribution is 2.27. The average molecular weight is 457 g/mol. The number of fused-ring (bicyclic) bond motifs is 1. The van der Waals surface area contributed by atoms with Crippen LogP contribution in [0.5, 0.6) is 0 Å². The van der Waals surface area contributed by atoms with Crippen LogP contribution in [0.2, 0.25) is 0 Å². The molecule has 0 fully saturated rings. The van der Waals surface area contributed by atoms with Crippen LogP contribution in [-0.2, 0) is 17.4 Å². The Hall–Kier alpha value is -3.76. The van der Waals surface area contributed by atoms with Crippen LogP contribution in [0.4, 0.5) is 18.9 Å². The lowest BCUT2D eigenvalue weighted by Gasteiger charge is -2.13. The highest BCUT2D eigenvalue weighted by molar-refractivity contribution is 5.93. The van der Waals surface area contributed by atoms with Crippen molar-refractivity contribution in [2.75, 3.05) is 5.32 Å². The molecule has 0 saturated heterocycles. The zero-order valence-electron chi connectivity index (χ0n) is 18.5. The first-order valence-electron chi connectivity index (χ1n) is 10.3. The molecule has 4 aromatic rings. The largest absolute Gasteiger partial charge is 0.453 e. The number of aryl methyl sites for hydroxylation is 4. The van der Waals surface area contributed by atoms with Gasteiger partial charge in [0.2, 0.25) is 5.91 Å². The van der Waals surface area contributed by atoms with Crippen LogP contribution in [0.1, 0.15) is 40.6 Å². The van der Waals surface area contributed by atoms with Crippen molar-refractivity contribution < 1.29 is 18.0 Å². The normalized spacial score (nSPS) is 11.8. The zero-order valence-corrected chi connectivity index (χ0v) is 18.5. The molecule has 0 atom stereocenters. The Morgan fingerprint density at radius 1 is 1.06 bits per heavy atom. The highest BCUT2D eigenvalue weighted by atomic mass is 19.4. The summed E-state index contributed by atoms with van der Waals surface area (Å²) < 4.78 is 41.8. The quantitative estimate of drug-likeness (QED) is 0.487. The van der Waals surface area contributed by atoms with E-state index in [4.69, 9.17) is 0 Å². The van der Waals surface area contributed by atoms with Crippen molar-refractivity contribution in [3.8, 4) is 5.69 Å². The number of para-hydroxylation sites is 2. The fraction of sp³-hybridized carbons (Fsp3) is 0.318. The second-order valence-electron chi connectivity index (χ2n) is 7.81. The van der Waals surface area contributed by atoms with Gasteiger partial charge in [-0.25, -0.2) is 14.2 Å². The van der Waals surface area contributed by atoms with E-state index in [9.17, 15) is 18.0 Å². The van der Waals surface area contributed by atoms with Gasteiger partial charge in [0.15, 0.2) is 0 Å². The van der Waals surface area contributed by atoms with Crippen molar-refractivity contribution in [1.29, 1.82) is 0 Å². The Bertz CT molecular complexity index is 1350. The van der Waals surface area contributed by atoms with Crippen molar-refractivity contribution >= 4 is 17.4 Å². The lowest BCUT2D eigenvalue weighted by molar-refractivity contribution is -0.144. The van der Waals surface area contributed by atoms with Crippen LogP contribution in [0.25, 0.3) is 11.5 Å². The van der Waals surface area contributed by atoms with Crippen LogP contribution in [0, 0.1) is 27.7 Å². The minimum Gasteiger partial charge on any atom is -0.324 e. The molecule has 1 aromatic carbocycles. The third-order valence-corrected chi connectivity index (χ3v) is 5.32. The molecule has 0 spiro atoms. The van der Waals surface area contributed by atoms with E-state index < -0.39 is 12.0 Å². The molecule has 1 amide bonds. The van der Waals surface area contributed by atoms with E-state index in [0.717, 1.165) is 21.6 Å². The summed E-state index contributed by atoms with van der Waals surface area (Å²) in [5, 5.41) is 10.9. The van der Waals surface area contributed by atoms with Crippen molar-refractivity contribution in [3.63, 3.8) is 0 Å². The summed E-state index contributed by atoms with van der Waals surface area (Å²) in [7, 11) is 0. The standard InChI is InChI=1S/C22H22F3N7O/c1-12-11-13(2)31(29-12)18-8-6-5-7-17(18)27-19(33)10-9-16-14(3)26-21-28-20(22(23,24)25)30-32(21)15(16)4/h5-8,11H,9-10H2,1-4H3,(H,27,33). The van der Waals surface area contributed by atoms with Gasteiger partial charge >= 0.3 is 6.18 Å². The number of carbonyl (C=O) groups excluding carboxylic acids is 1. The Kier molecular flexibility index (Phi) is 5.64. The number of hydrogen-bond donors (Lipinski definition) is 1. The Labute approximate surface area is 187 Å². The van der Waals surface area contributed by atoms with E-state index in [1.54, 1.807) is 24.6 Å². The first-order valence-corrected chi connectivity index (χ1v) is 10.3. The molecule has 33 heavy (non-hydrogen) atoms. The molecule has 3 heterocycles. The van der Waals surface area contributed by atoms with Crippen molar-refractivity contribution in [2.24, 2.45) is 0 Å². The van der Waals surface area contributed by atoms with E-state index in [-0.39, 0.29) is 24.5 Å². The topological polar surface area (TPSA) is 90.0 Å². The molecular weight excluding hydrogens is 435 g/mol. The number of carbonyl (C=O) groups is 1. The lowest BCUT2D eigenvalue weighted by atomic mass is 10.1. The molecule has 0 saturated carbocycles. The highest BCUT2D eigenvalue weighted by Gasteiger charge is 2.37. The van der Waals surface area contributed by atoms with E-state index >= 15 is 0 Å². The second-order valence-corrected chi connectivity index (χ2v) is 7.81. The maximum absolute atomic E-state index is 13.0. The van der Waals surface area contributed by atoms with Gasteiger partial charge in [-0.05, 0) is 57.9 Å². The third-order valence-electron chi connectivity index (χ3n) is 5.32. The summed E-state index contributed by atoms with van der Waals surface area (Å²) in [5.41, 5.74) is 4.79. The molecule has 11 heteroatoms. The minimum absolute atomic E-state index is 0.112. The molecular formula is C22H22F3N7O. The molecule has 1 N–H and O–H groups in total. The van der Waals surface area contributed by atoms with Gasteiger partial charge in [0.1, 0.15) is 0 Å². The molecule has 0 radical (unpaired) electrons. The third kappa shape index (κ3) is 4.43. The lowest BCUT2D eigenvalue weighted by Crippen LogP contribution is -2.16. The number of benzene rings is 1. The number of hydrogen-bond acceptors (Lipinski definition) is 5. The summed E-state index contributed by atoms with van der Waals surface area (Å²) in [6.45, 7) is 7.15. The number of anilines is 1. The van der Waals surface area contributed by atoms with E-state index in [2.05, 4.69) is 25.5 Å². The predicted octanol–water partition coefficient (Wildman–Crippen LogP) is 4.13. The first kappa shape index (κ1) is 22.4. The molecule has 3 aromatic heterocycles. The molecule has 8 nitrogen and oxygen atoms in total. The number of halogens is 3. The summed E-state index contributed by atoms with van der Waals surface area (Å²) in [6.07, 6.45) is -4.26. The van der Waals surface area contributed by atoms with E-state index in [0.29, 0.717) is 22.6 Å². The first-order chi connectivity index (χ1) is 15.5. The summed E-state index contributed by atoms with van der Waals surface area (Å²) >= 11 is 0. The number of amides is 1. The van der Waals surface area contributed by atoms with Crippen LogP contribution < -0.4 is 5.32 Å². The van der Waals surface area contributed by atoms with Crippen LogP contribution >= 0.6 is 0 Å². The Balaban J connectivity index is 1.54. The second kappa shape index (κ2) is 8.30. The van der Waals surface area contributed by atoms with Crippen LogP contribution in [0.15, 0.2) is 30.3 Å². The minimum atomic E-state index is -4.66. The molecule has 0 aliphatic carbocycles. The molecule has 0 aliphatic rings. The van der Waals surface area contributed by atoms with Crippen molar-refractivity contribution in [3.05, 3.63) is 64.5 Å².